The molecule has 2 atom stereocenters. The Kier molecular flexibility index (Phi) is 8.46. The number of rotatable bonds is 11. The molecular weight excluding hydrogens is 447 g/mol. The van der Waals surface area contributed by atoms with Crippen molar-refractivity contribution in [3.8, 4) is 11.1 Å². The molecule has 1 aliphatic rings. The zero-order valence-electron chi connectivity index (χ0n) is 18.6. The van der Waals surface area contributed by atoms with E-state index in [9.17, 15) is 19.1 Å². The van der Waals surface area contributed by atoms with Crippen LogP contribution in [0.4, 0.5) is 20.7 Å². The molecule has 3 rings (SSSR count). The minimum atomic E-state index is -1.50. The van der Waals surface area contributed by atoms with Gasteiger partial charge >= 0.3 is 6.09 Å². The molecule has 2 aromatic rings. The quantitative estimate of drug-likeness (QED) is 0.231. The molecule has 12 heteroatoms. The van der Waals surface area contributed by atoms with E-state index in [-0.39, 0.29) is 19.2 Å². The first kappa shape index (κ1) is 25.0. The first-order valence-corrected chi connectivity index (χ1v) is 10.6. The second-order valence-corrected chi connectivity index (χ2v) is 7.56. The topological polar surface area (TPSA) is 151 Å². The van der Waals surface area contributed by atoms with E-state index >= 15 is 0 Å². The first-order valence-electron chi connectivity index (χ1n) is 10.6. The fraction of sp³-hybridized carbons (Fsp3) is 0.364. The molecule has 34 heavy (non-hydrogen) atoms. The average molecular weight is 474 g/mol. The monoisotopic (exact) mass is 474 g/mol. The van der Waals surface area contributed by atoms with Crippen molar-refractivity contribution in [3.05, 3.63) is 42.3 Å². The zero-order valence-corrected chi connectivity index (χ0v) is 18.6. The molecule has 1 fully saturated rings. The van der Waals surface area contributed by atoms with Gasteiger partial charge in [0, 0.05) is 37.0 Å². The summed E-state index contributed by atoms with van der Waals surface area (Å²) in [5.41, 5.74) is 1.21. The summed E-state index contributed by atoms with van der Waals surface area (Å²) in [7, 11) is 1.76. The molecule has 0 saturated carbocycles. The maximum atomic E-state index is 14.9. The van der Waals surface area contributed by atoms with Crippen molar-refractivity contribution in [3.63, 3.8) is 0 Å². The van der Waals surface area contributed by atoms with Gasteiger partial charge in [-0.05, 0) is 37.4 Å². The Labute approximate surface area is 195 Å². The van der Waals surface area contributed by atoms with Crippen molar-refractivity contribution in [2.75, 3.05) is 49.6 Å². The Hall–Kier alpha value is -3.61. The van der Waals surface area contributed by atoms with Gasteiger partial charge in [-0.2, -0.15) is 0 Å². The van der Waals surface area contributed by atoms with Crippen molar-refractivity contribution < 1.29 is 28.9 Å². The van der Waals surface area contributed by atoms with Crippen LogP contribution >= 0.6 is 0 Å². The van der Waals surface area contributed by atoms with Gasteiger partial charge in [-0.15, -0.1) is 0 Å². The van der Waals surface area contributed by atoms with Crippen LogP contribution in [-0.4, -0.2) is 85.6 Å². The maximum Gasteiger partial charge on any atom is 0.414 e. The number of ether oxygens (including phenoxy) is 1. The molecule has 1 aromatic heterocycles. The number of amides is 2. The van der Waals surface area contributed by atoms with Crippen molar-refractivity contribution in [2.24, 2.45) is 0 Å². The lowest BCUT2D eigenvalue weighted by Crippen LogP contribution is -2.41. The van der Waals surface area contributed by atoms with E-state index in [1.54, 1.807) is 31.3 Å². The van der Waals surface area contributed by atoms with Crippen LogP contribution in [0.2, 0.25) is 0 Å². The number of nitrogens with zero attached hydrogens (tertiary/aromatic N) is 3. The van der Waals surface area contributed by atoms with Gasteiger partial charge in [0.15, 0.2) is 6.10 Å². The van der Waals surface area contributed by atoms with Crippen molar-refractivity contribution in [1.82, 2.24) is 15.6 Å². The SMILES string of the molecule is CNCC1CN(c2ccc(-c3ccc(N(C=N)CCNC(=O)C(O)CO)nc3)c(F)c2)C(=O)O1. The summed E-state index contributed by atoms with van der Waals surface area (Å²) in [6, 6.07) is 7.75. The molecule has 182 valence electrons. The normalized spacial score (nSPS) is 16.2. The minimum Gasteiger partial charge on any atom is -0.443 e. The van der Waals surface area contributed by atoms with E-state index < -0.39 is 30.5 Å². The molecule has 0 radical (unpaired) electrons. The van der Waals surface area contributed by atoms with Gasteiger partial charge in [0.25, 0.3) is 5.91 Å². The van der Waals surface area contributed by atoms with E-state index in [4.69, 9.17) is 15.3 Å². The lowest BCUT2D eigenvalue weighted by molar-refractivity contribution is -0.131. The van der Waals surface area contributed by atoms with E-state index in [1.165, 1.54) is 22.1 Å². The highest BCUT2D eigenvalue weighted by Crippen LogP contribution is 2.29. The van der Waals surface area contributed by atoms with Crippen LogP contribution in [0.25, 0.3) is 11.1 Å². The maximum absolute atomic E-state index is 14.9. The van der Waals surface area contributed by atoms with Crippen molar-refractivity contribution in [2.45, 2.75) is 12.2 Å². The second-order valence-electron chi connectivity index (χ2n) is 7.56. The molecule has 2 heterocycles. The molecular formula is C22H27FN6O5. The largest absolute Gasteiger partial charge is 0.443 e. The second kappa shape index (κ2) is 11.5. The smallest absolute Gasteiger partial charge is 0.414 e. The highest BCUT2D eigenvalue weighted by atomic mass is 19.1. The number of aliphatic hydroxyl groups excluding tert-OH is 2. The predicted octanol–water partition coefficient (Wildman–Crippen LogP) is 0.315. The fourth-order valence-corrected chi connectivity index (χ4v) is 3.43. The number of cyclic esters (lactones) is 1. The van der Waals surface area contributed by atoms with Gasteiger partial charge in [-0.25, -0.2) is 14.2 Å². The van der Waals surface area contributed by atoms with Crippen LogP contribution in [-0.2, 0) is 9.53 Å². The number of nitrogens with one attached hydrogen (secondary N) is 3. The molecule has 0 spiro atoms. The Morgan fingerprint density at radius 1 is 1.44 bits per heavy atom. The van der Waals surface area contributed by atoms with Crippen LogP contribution in [0.3, 0.4) is 0 Å². The number of carbonyl (C=O) groups is 2. The number of aliphatic hydroxyl groups is 2. The van der Waals surface area contributed by atoms with Crippen molar-refractivity contribution >= 4 is 29.8 Å². The lowest BCUT2D eigenvalue weighted by Gasteiger charge is -2.19. The Balaban J connectivity index is 1.66. The highest BCUT2D eigenvalue weighted by molar-refractivity contribution is 5.90. The summed E-state index contributed by atoms with van der Waals surface area (Å²) in [5.74, 6) is -0.830. The summed E-state index contributed by atoms with van der Waals surface area (Å²) < 4.78 is 20.1. The number of benzene rings is 1. The summed E-state index contributed by atoms with van der Waals surface area (Å²) in [6.45, 7) is 0.458. The summed E-state index contributed by atoms with van der Waals surface area (Å²) in [6.07, 6.45) is 0.167. The van der Waals surface area contributed by atoms with Crippen molar-refractivity contribution in [1.29, 1.82) is 5.41 Å². The molecule has 0 aliphatic carbocycles. The summed E-state index contributed by atoms with van der Waals surface area (Å²) >= 11 is 0. The Bertz CT molecular complexity index is 1020. The number of halogens is 1. The van der Waals surface area contributed by atoms with E-state index in [0.717, 1.165) is 6.34 Å². The average Bonchev–Trinajstić information content (AvgIpc) is 3.21. The van der Waals surface area contributed by atoms with E-state index in [2.05, 4.69) is 15.6 Å². The number of aromatic nitrogens is 1. The Morgan fingerprint density at radius 3 is 2.85 bits per heavy atom. The molecule has 2 unspecified atom stereocenters. The third-order valence-corrected chi connectivity index (χ3v) is 5.21. The third-order valence-electron chi connectivity index (χ3n) is 5.21. The van der Waals surface area contributed by atoms with Gasteiger partial charge in [0.05, 0.1) is 25.2 Å². The molecule has 1 aliphatic heterocycles. The molecule has 5 N–H and O–H groups in total. The van der Waals surface area contributed by atoms with E-state index in [0.29, 0.717) is 35.7 Å². The van der Waals surface area contributed by atoms with Crippen LogP contribution in [0.1, 0.15) is 0 Å². The summed E-state index contributed by atoms with van der Waals surface area (Å²) in [4.78, 5) is 30.7. The van der Waals surface area contributed by atoms with E-state index in [1.807, 2.05) is 0 Å². The molecule has 1 aromatic carbocycles. The summed E-state index contributed by atoms with van der Waals surface area (Å²) in [5, 5.41) is 31.0. The molecule has 11 nitrogen and oxygen atoms in total. The Morgan fingerprint density at radius 2 is 2.24 bits per heavy atom. The first-order chi connectivity index (χ1) is 16.4. The van der Waals surface area contributed by atoms with Crippen LogP contribution < -0.4 is 20.4 Å². The standard InChI is InChI=1S/C22H27FN6O5/c1-25-10-16-11-29(22(33)34-16)15-3-4-17(18(23)8-15)14-2-5-20(27-9-14)28(13-24)7-6-26-21(32)19(31)12-30/h2-5,8-9,13,16,19,24-25,30-31H,6-7,10-12H2,1H3,(H,26,32). The third kappa shape index (κ3) is 5.84. The lowest BCUT2D eigenvalue weighted by atomic mass is 10.1. The van der Waals surface area contributed by atoms with Gasteiger partial charge in [-0.3, -0.25) is 15.1 Å². The molecule has 2 amide bonds. The zero-order chi connectivity index (χ0) is 24.7. The van der Waals surface area contributed by atoms with Crippen LogP contribution in [0.15, 0.2) is 36.5 Å². The number of hydrogen-bond donors (Lipinski definition) is 5. The van der Waals surface area contributed by atoms with Gasteiger partial charge in [0.1, 0.15) is 17.7 Å². The van der Waals surface area contributed by atoms with Gasteiger partial charge in [-0.1, -0.05) is 0 Å². The number of pyridine rings is 1. The van der Waals surface area contributed by atoms with Gasteiger partial charge in [0.2, 0.25) is 0 Å². The fourth-order valence-electron chi connectivity index (χ4n) is 3.43. The number of anilines is 2. The number of carbonyl (C=O) groups excluding carboxylic acids is 2. The molecule has 1 saturated heterocycles. The minimum absolute atomic E-state index is 0.110. The van der Waals surface area contributed by atoms with Crippen LogP contribution in [0.5, 0.6) is 0 Å². The number of likely N-dealkylation sites (N-methyl/N-ethyl adjacent to an activating group) is 1. The van der Waals surface area contributed by atoms with Gasteiger partial charge < -0.3 is 30.5 Å². The predicted molar refractivity (Wildman–Crippen MR) is 123 cm³/mol. The molecule has 0 bridgehead atoms. The number of hydrogen-bond acceptors (Lipinski definition) is 8. The highest BCUT2D eigenvalue weighted by Gasteiger charge is 2.32. The van der Waals surface area contributed by atoms with Crippen LogP contribution in [0, 0.1) is 11.2 Å².